The Morgan fingerprint density at radius 2 is 1.48 bits per heavy atom. The lowest BCUT2D eigenvalue weighted by molar-refractivity contribution is 0.452. The molecule has 1 unspecified atom stereocenters. The Balaban J connectivity index is 0.000000343. The molecular formula is C24H26N4S. The molecule has 148 valence electrons. The van der Waals surface area contributed by atoms with Crippen LogP contribution in [0.4, 0.5) is 0 Å². The molecule has 1 aliphatic rings. The van der Waals surface area contributed by atoms with Crippen molar-refractivity contribution in [2.45, 2.75) is 18.7 Å². The molecule has 0 spiro atoms. The number of nitrogens with zero attached hydrogens (tertiary/aromatic N) is 3. The standard InChI is InChI=1S/C18H20N4S.C6H6/c1-13-8-10-15(11-9-13)17-14(2)12-22(20-17)18(19)21-23-16-6-4-3-5-7-16;1-2-4-6-5-3-1/h3-11,14H,12H2,1-2H3,(H2,19,21);1-6H. The average Bonchev–Trinajstić information content (AvgIpc) is 3.17. The minimum absolute atomic E-state index is 0.327. The molecule has 0 aliphatic carbocycles. The van der Waals surface area contributed by atoms with Gasteiger partial charge in [0.25, 0.3) is 0 Å². The molecule has 0 saturated carbocycles. The van der Waals surface area contributed by atoms with Crippen molar-refractivity contribution in [3.63, 3.8) is 0 Å². The van der Waals surface area contributed by atoms with Gasteiger partial charge in [-0.2, -0.15) is 9.50 Å². The van der Waals surface area contributed by atoms with Crippen LogP contribution in [-0.2, 0) is 0 Å². The van der Waals surface area contributed by atoms with Gasteiger partial charge in [-0.15, -0.1) is 0 Å². The van der Waals surface area contributed by atoms with E-state index in [1.807, 2.05) is 66.7 Å². The highest BCUT2D eigenvalue weighted by Gasteiger charge is 2.25. The number of hydrogen-bond acceptors (Lipinski definition) is 3. The molecule has 2 N–H and O–H groups in total. The maximum Gasteiger partial charge on any atom is 0.224 e. The summed E-state index contributed by atoms with van der Waals surface area (Å²) in [5, 5.41) is 6.45. The van der Waals surface area contributed by atoms with Crippen LogP contribution in [-0.4, -0.2) is 23.2 Å². The molecule has 3 aromatic carbocycles. The van der Waals surface area contributed by atoms with Crippen molar-refractivity contribution < 1.29 is 0 Å². The van der Waals surface area contributed by atoms with Gasteiger partial charge >= 0.3 is 0 Å². The first kappa shape index (κ1) is 20.7. The van der Waals surface area contributed by atoms with Gasteiger partial charge in [0, 0.05) is 22.8 Å². The fourth-order valence-corrected chi connectivity index (χ4v) is 3.41. The van der Waals surface area contributed by atoms with Gasteiger partial charge in [-0.05, 0) is 24.6 Å². The van der Waals surface area contributed by atoms with Gasteiger partial charge < -0.3 is 5.73 Å². The van der Waals surface area contributed by atoms with Crippen molar-refractivity contribution in [1.29, 1.82) is 0 Å². The summed E-state index contributed by atoms with van der Waals surface area (Å²) < 4.78 is 4.38. The summed E-state index contributed by atoms with van der Waals surface area (Å²) in [6.07, 6.45) is 0. The topological polar surface area (TPSA) is 54.0 Å². The Hall–Kier alpha value is -3.05. The fraction of sp³-hybridized carbons (Fsp3) is 0.167. The molecule has 3 aromatic rings. The summed E-state index contributed by atoms with van der Waals surface area (Å²) >= 11 is 1.37. The summed E-state index contributed by atoms with van der Waals surface area (Å²) in [5.41, 5.74) is 9.56. The third-order valence-electron chi connectivity index (χ3n) is 4.41. The molecule has 5 heteroatoms. The lowest BCUT2D eigenvalue weighted by atomic mass is 9.99. The summed E-state index contributed by atoms with van der Waals surface area (Å²) in [6, 6.07) is 30.4. The number of hydrogen-bond donors (Lipinski definition) is 1. The minimum Gasteiger partial charge on any atom is -0.368 e. The Morgan fingerprint density at radius 1 is 0.931 bits per heavy atom. The van der Waals surface area contributed by atoms with E-state index in [-0.39, 0.29) is 0 Å². The first-order valence-electron chi connectivity index (χ1n) is 9.62. The molecule has 29 heavy (non-hydrogen) atoms. The highest BCUT2D eigenvalue weighted by Crippen LogP contribution is 2.22. The van der Waals surface area contributed by atoms with Crippen molar-refractivity contribution in [1.82, 2.24) is 5.01 Å². The predicted molar refractivity (Wildman–Crippen MR) is 124 cm³/mol. The van der Waals surface area contributed by atoms with Gasteiger partial charge in [-0.3, -0.25) is 0 Å². The van der Waals surface area contributed by atoms with E-state index in [0.29, 0.717) is 11.9 Å². The maximum atomic E-state index is 6.10. The van der Waals surface area contributed by atoms with Crippen molar-refractivity contribution in [2.24, 2.45) is 21.2 Å². The fourth-order valence-electron chi connectivity index (χ4n) is 2.84. The second kappa shape index (κ2) is 10.5. The van der Waals surface area contributed by atoms with Gasteiger partial charge in [0.2, 0.25) is 5.96 Å². The van der Waals surface area contributed by atoms with Crippen molar-refractivity contribution in [3.05, 3.63) is 102 Å². The first-order valence-corrected chi connectivity index (χ1v) is 10.4. The Labute approximate surface area is 177 Å². The van der Waals surface area contributed by atoms with Crippen LogP contribution in [0.5, 0.6) is 0 Å². The maximum absolute atomic E-state index is 6.10. The van der Waals surface area contributed by atoms with Gasteiger partial charge in [0.15, 0.2) is 0 Å². The zero-order valence-corrected chi connectivity index (χ0v) is 17.6. The highest BCUT2D eigenvalue weighted by molar-refractivity contribution is 7.98. The van der Waals surface area contributed by atoms with E-state index in [1.54, 1.807) is 5.01 Å². The van der Waals surface area contributed by atoms with Gasteiger partial charge in [0.1, 0.15) is 0 Å². The molecule has 1 heterocycles. The van der Waals surface area contributed by atoms with E-state index < -0.39 is 0 Å². The zero-order chi connectivity index (χ0) is 20.5. The van der Waals surface area contributed by atoms with Crippen LogP contribution in [0.25, 0.3) is 0 Å². The molecule has 0 amide bonds. The Kier molecular flexibility index (Phi) is 7.47. The van der Waals surface area contributed by atoms with Crippen LogP contribution in [0.2, 0.25) is 0 Å². The third kappa shape index (κ3) is 6.22. The minimum atomic E-state index is 0.327. The molecule has 0 saturated heterocycles. The largest absolute Gasteiger partial charge is 0.368 e. The summed E-state index contributed by atoms with van der Waals surface area (Å²) in [7, 11) is 0. The smallest absolute Gasteiger partial charge is 0.224 e. The monoisotopic (exact) mass is 402 g/mol. The number of nitrogens with two attached hydrogens (primary N) is 1. The lowest BCUT2D eigenvalue weighted by Crippen LogP contribution is -2.32. The number of benzene rings is 3. The quantitative estimate of drug-likeness (QED) is 0.364. The van der Waals surface area contributed by atoms with Crippen LogP contribution in [0.3, 0.4) is 0 Å². The van der Waals surface area contributed by atoms with E-state index in [2.05, 4.69) is 47.6 Å². The Bertz CT molecular complexity index is 911. The van der Waals surface area contributed by atoms with Gasteiger partial charge in [-0.25, -0.2) is 5.01 Å². The molecule has 0 aromatic heterocycles. The van der Waals surface area contributed by atoms with E-state index in [9.17, 15) is 0 Å². The number of aryl methyl sites for hydroxylation is 1. The van der Waals surface area contributed by atoms with Crippen LogP contribution in [0.15, 0.2) is 105 Å². The molecule has 1 aliphatic heterocycles. The SMILES string of the molecule is Cc1ccc(C2=NN(/C(N)=N/Sc3ccccc3)CC2C)cc1.c1ccccc1. The van der Waals surface area contributed by atoms with Gasteiger partial charge in [-0.1, -0.05) is 91.3 Å². The van der Waals surface area contributed by atoms with Gasteiger partial charge in [0.05, 0.1) is 12.3 Å². The first-order chi connectivity index (χ1) is 14.1. The van der Waals surface area contributed by atoms with Crippen LogP contribution in [0.1, 0.15) is 18.1 Å². The van der Waals surface area contributed by atoms with E-state index in [0.717, 1.165) is 22.7 Å². The van der Waals surface area contributed by atoms with Crippen molar-refractivity contribution >= 4 is 23.6 Å². The Morgan fingerprint density at radius 3 is 2.07 bits per heavy atom. The zero-order valence-electron chi connectivity index (χ0n) is 16.8. The predicted octanol–water partition coefficient (Wildman–Crippen LogP) is 5.36. The second-order valence-electron chi connectivity index (χ2n) is 6.84. The molecule has 0 fully saturated rings. The van der Waals surface area contributed by atoms with Crippen LogP contribution in [0, 0.1) is 12.8 Å². The van der Waals surface area contributed by atoms with E-state index in [1.165, 1.54) is 17.5 Å². The van der Waals surface area contributed by atoms with E-state index in [4.69, 9.17) is 5.73 Å². The molecule has 4 nitrogen and oxygen atoms in total. The van der Waals surface area contributed by atoms with Crippen molar-refractivity contribution in [2.75, 3.05) is 6.54 Å². The molecule has 0 radical (unpaired) electrons. The molecule has 0 bridgehead atoms. The summed E-state index contributed by atoms with van der Waals surface area (Å²) in [6.45, 7) is 5.01. The van der Waals surface area contributed by atoms with Crippen LogP contribution < -0.4 is 5.73 Å². The number of hydrazone groups is 1. The molecular weight excluding hydrogens is 376 g/mol. The molecule has 4 rings (SSSR count). The van der Waals surface area contributed by atoms with E-state index >= 15 is 0 Å². The van der Waals surface area contributed by atoms with Crippen molar-refractivity contribution in [3.8, 4) is 0 Å². The lowest BCUT2D eigenvalue weighted by Gasteiger charge is -2.12. The van der Waals surface area contributed by atoms with Crippen LogP contribution >= 0.6 is 11.9 Å². The summed E-state index contributed by atoms with van der Waals surface area (Å²) in [4.78, 5) is 1.06. The average molecular weight is 403 g/mol. The highest BCUT2D eigenvalue weighted by atomic mass is 32.2. The summed E-state index contributed by atoms with van der Waals surface area (Å²) in [5.74, 6) is 0.765. The normalized spacial score (nSPS) is 16.1. The number of rotatable bonds is 3. The number of guanidine groups is 1. The molecule has 1 atom stereocenters. The third-order valence-corrected chi connectivity index (χ3v) is 5.17. The second-order valence-corrected chi connectivity index (χ2v) is 7.68.